The van der Waals surface area contributed by atoms with Gasteiger partial charge in [0.25, 0.3) is 0 Å². The number of hydrogen-bond acceptors (Lipinski definition) is 1. The van der Waals surface area contributed by atoms with Crippen LogP contribution in [0.2, 0.25) is 5.02 Å². The molecular weight excluding hydrogens is 220 g/mol. The number of Topliss-reactive ketones (excluding diaryl/α,β-unsaturated/α-hetero) is 1. The molecule has 2 heteroatoms. The van der Waals surface area contributed by atoms with Gasteiger partial charge in [0.2, 0.25) is 0 Å². The van der Waals surface area contributed by atoms with E-state index in [0.29, 0.717) is 24.5 Å². The zero-order chi connectivity index (χ0) is 12.0. The van der Waals surface area contributed by atoms with Crippen molar-refractivity contribution in [2.24, 2.45) is 5.92 Å². The molecule has 0 heterocycles. The lowest BCUT2D eigenvalue weighted by Gasteiger charge is -2.10. The number of rotatable bonds is 6. The number of carbonyl (C=O) groups excluding carboxylic acids is 1. The van der Waals surface area contributed by atoms with E-state index in [4.69, 9.17) is 11.6 Å². The zero-order valence-electron chi connectivity index (χ0n) is 10.0. The van der Waals surface area contributed by atoms with Crippen LogP contribution in [0, 0.1) is 5.92 Å². The van der Waals surface area contributed by atoms with E-state index < -0.39 is 0 Å². The van der Waals surface area contributed by atoms with Gasteiger partial charge in [0.1, 0.15) is 5.78 Å². The fraction of sp³-hybridized carbons (Fsp3) is 0.500. The van der Waals surface area contributed by atoms with Crippen LogP contribution in [0.4, 0.5) is 0 Å². The van der Waals surface area contributed by atoms with Gasteiger partial charge in [-0.25, -0.2) is 0 Å². The monoisotopic (exact) mass is 238 g/mol. The molecule has 0 radical (unpaired) electrons. The van der Waals surface area contributed by atoms with E-state index in [9.17, 15) is 4.79 Å². The molecule has 0 saturated carbocycles. The Morgan fingerprint density at radius 3 is 2.81 bits per heavy atom. The fourth-order valence-corrected chi connectivity index (χ4v) is 2.12. The molecule has 0 N–H and O–H groups in total. The van der Waals surface area contributed by atoms with Crippen molar-refractivity contribution in [3.05, 3.63) is 34.9 Å². The van der Waals surface area contributed by atoms with Gasteiger partial charge in [0.15, 0.2) is 0 Å². The second-order valence-corrected chi connectivity index (χ2v) is 4.87. The van der Waals surface area contributed by atoms with E-state index in [0.717, 1.165) is 17.9 Å². The first-order valence-corrected chi connectivity index (χ1v) is 6.25. The number of carbonyl (C=O) groups is 1. The zero-order valence-corrected chi connectivity index (χ0v) is 10.8. The van der Waals surface area contributed by atoms with Crippen molar-refractivity contribution in [2.75, 3.05) is 0 Å². The lowest BCUT2D eigenvalue weighted by molar-refractivity contribution is -0.119. The third-order valence-electron chi connectivity index (χ3n) is 2.58. The van der Waals surface area contributed by atoms with E-state index in [1.807, 2.05) is 25.1 Å². The molecule has 1 nitrogen and oxygen atoms in total. The Bertz CT molecular complexity index is 346. The molecule has 1 rings (SSSR count). The first-order chi connectivity index (χ1) is 7.61. The van der Waals surface area contributed by atoms with E-state index in [2.05, 4.69) is 13.0 Å². The topological polar surface area (TPSA) is 17.1 Å². The van der Waals surface area contributed by atoms with Crippen molar-refractivity contribution >= 4 is 17.4 Å². The maximum absolute atomic E-state index is 11.5. The van der Waals surface area contributed by atoms with E-state index in [1.54, 1.807) is 0 Å². The molecule has 1 aromatic rings. The van der Waals surface area contributed by atoms with Crippen LogP contribution in [-0.2, 0) is 11.2 Å². The van der Waals surface area contributed by atoms with Gasteiger partial charge >= 0.3 is 0 Å². The second kappa shape index (κ2) is 6.70. The van der Waals surface area contributed by atoms with E-state index in [1.165, 1.54) is 5.56 Å². The lowest BCUT2D eigenvalue weighted by atomic mass is 9.95. The molecule has 88 valence electrons. The third-order valence-corrected chi connectivity index (χ3v) is 2.81. The van der Waals surface area contributed by atoms with Gasteiger partial charge in [0, 0.05) is 17.9 Å². The molecular formula is C14H19ClO. The Morgan fingerprint density at radius 2 is 2.19 bits per heavy atom. The molecule has 1 aromatic carbocycles. The highest BCUT2D eigenvalue weighted by Gasteiger charge is 2.09. The summed E-state index contributed by atoms with van der Waals surface area (Å²) in [5.41, 5.74) is 1.21. The summed E-state index contributed by atoms with van der Waals surface area (Å²) in [6, 6.07) is 7.87. The summed E-state index contributed by atoms with van der Waals surface area (Å²) >= 11 is 5.92. The van der Waals surface area contributed by atoms with Crippen LogP contribution in [0.3, 0.4) is 0 Å². The predicted octanol–water partition coefficient (Wildman–Crippen LogP) is 4.28. The van der Waals surface area contributed by atoms with Crippen LogP contribution in [-0.4, -0.2) is 5.78 Å². The predicted molar refractivity (Wildman–Crippen MR) is 68.9 cm³/mol. The van der Waals surface area contributed by atoms with Crippen LogP contribution < -0.4 is 0 Å². The van der Waals surface area contributed by atoms with Gasteiger partial charge in [-0.3, -0.25) is 4.79 Å². The largest absolute Gasteiger partial charge is 0.300 e. The fourth-order valence-electron chi connectivity index (χ4n) is 1.91. The Hall–Kier alpha value is -0.820. The minimum absolute atomic E-state index is 0.372. The SMILES string of the molecule is CCCC(=O)CC(C)Cc1cccc(Cl)c1. The number of benzene rings is 1. The van der Waals surface area contributed by atoms with Gasteiger partial charge in [0.05, 0.1) is 0 Å². The van der Waals surface area contributed by atoms with Gasteiger partial charge in [-0.1, -0.05) is 37.6 Å². The highest BCUT2D eigenvalue weighted by Crippen LogP contribution is 2.17. The molecule has 0 aliphatic carbocycles. The molecule has 0 aliphatic heterocycles. The van der Waals surface area contributed by atoms with Gasteiger partial charge in [-0.05, 0) is 36.5 Å². The van der Waals surface area contributed by atoms with Crippen LogP contribution in [0.25, 0.3) is 0 Å². The smallest absolute Gasteiger partial charge is 0.133 e. The molecule has 0 amide bonds. The number of halogens is 1. The van der Waals surface area contributed by atoms with Crippen LogP contribution in [0.15, 0.2) is 24.3 Å². The Morgan fingerprint density at radius 1 is 1.44 bits per heavy atom. The first-order valence-electron chi connectivity index (χ1n) is 5.88. The Balaban J connectivity index is 2.45. The van der Waals surface area contributed by atoms with Crippen LogP contribution in [0.5, 0.6) is 0 Å². The van der Waals surface area contributed by atoms with Crippen molar-refractivity contribution in [2.45, 2.75) is 39.5 Å². The summed E-state index contributed by atoms with van der Waals surface area (Å²) in [5.74, 6) is 0.773. The van der Waals surface area contributed by atoms with Crippen LogP contribution in [0.1, 0.15) is 38.7 Å². The Kier molecular flexibility index (Phi) is 5.54. The second-order valence-electron chi connectivity index (χ2n) is 4.43. The van der Waals surface area contributed by atoms with E-state index in [-0.39, 0.29) is 0 Å². The van der Waals surface area contributed by atoms with Gasteiger partial charge < -0.3 is 0 Å². The molecule has 16 heavy (non-hydrogen) atoms. The van der Waals surface area contributed by atoms with Gasteiger partial charge in [-0.15, -0.1) is 0 Å². The summed E-state index contributed by atoms with van der Waals surface area (Å²) in [6.45, 7) is 4.16. The molecule has 0 fully saturated rings. The first kappa shape index (κ1) is 13.2. The molecule has 0 aromatic heterocycles. The maximum Gasteiger partial charge on any atom is 0.133 e. The minimum Gasteiger partial charge on any atom is -0.300 e. The standard InChI is InChI=1S/C14H19ClO/c1-3-5-14(16)9-11(2)8-12-6-4-7-13(15)10-12/h4,6-7,10-11H,3,5,8-9H2,1-2H3. The summed E-state index contributed by atoms with van der Waals surface area (Å²) < 4.78 is 0. The van der Waals surface area contributed by atoms with Crippen molar-refractivity contribution in [3.63, 3.8) is 0 Å². The summed E-state index contributed by atoms with van der Waals surface area (Å²) in [5, 5.41) is 0.768. The molecule has 0 bridgehead atoms. The minimum atomic E-state index is 0.372. The van der Waals surface area contributed by atoms with Crippen molar-refractivity contribution in [1.29, 1.82) is 0 Å². The van der Waals surface area contributed by atoms with E-state index >= 15 is 0 Å². The summed E-state index contributed by atoms with van der Waals surface area (Å²) in [4.78, 5) is 11.5. The quantitative estimate of drug-likeness (QED) is 0.723. The lowest BCUT2D eigenvalue weighted by Crippen LogP contribution is -2.07. The third kappa shape index (κ3) is 4.80. The average Bonchev–Trinajstić information content (AvgIpc) is 2.17. The summed E-state index contributed by atoms with van der Waals surface area (Å²) in [7, 11) is 0. The van der Waals surface area contributed by atoms with Gasteiger partial charge in [-0.2, -0.15) is 0 Å². The highest BCUT2D eigenvalue weighted by atomic mass is 35.5. The summed E-state index contributed by atoms with van der Waals surface area (Å²) in [6.07, 6.45) is 3.26. The number of ketones is 1. The normalized spacial score (nSPS) is 12.4. The van der Waals surface area contributed by atoms with Crippen LogP contribution >= 0.6 is 11.6 Å². The van der Waals surface area contributed by atoms with Crippen molar-refractivity contribution in [3.8, 4) is 0 Å². The van der Waals surface area contributed by atoms with Crippen molar-refractivity contribution in [1.82, 2.24) is 0 Å². The molecule has 0 spiro atoms. The maximum atomic E-state index is 11.5. The highest BCUT2D eigenvalue weighted by molar-refractivity contribution is 6.30. The van der Waals surface area contributed by atoms with Crippen molar-refractivity contribution < 1.29 is 4.79 Å². The average molecular weight is 239 g/mol. The molecule has 0 saturated heterocycles. The number of hydrogen-bond donors (Lipinski definition) is 0. The molecule has 1 unspecified atom stereocenters. The molecule has 1 atom stereocenters. The molecule has 0 aliphatic rings. The Labute approximate surface area is 103 Å².